The lowest BCUT2D eigenvalue weighted by molar-refractivity contribution is -0.128. The maximum absolute atomic E-state index is 11.5. The second-order valence-electron chi connectivity index (χ2n) is 7.30. The summed E-state index contributed by atoms with van der Waals surface area (Å²) in [5.74, 6) is -1.42. The number of hydrogen-bond acceptors (Lipinski definition) is 5. The van der Waals surface area contributed by atoms with Crippen molar-refractivity contribution in [2.24, 2.45) is 5.92 Å². The lowest BCUT2D eigenvalue weighted by Crippen LogP contribution is -2.45. The molecule has 0 saturated heterocycles. The van der Waals surface area contributed by atoms with Gasteiger partial charge in [0.25, 0.3) is 0 Å². The quantitative estimate of drug-likeness (QED) is 0.425. The Labute approximate surface area is 179 Å². The van der Waals surface area contributed by atoms with Crippen LogP contribution in [0.3, 0.4) is 0 Å². The van der Waals surface area contributed by atoms with Gasteiger partial charge in [0.05, 0.1) is 26.2 Å². The first kappa shape index (κ1) is 27.3. The van der Waals surface area contributed by atoms with E-state index in [0.29, 0.717) is 0 Å². The molecule has 0 aliphatic carbocycles. The van der Waals surface area contributed by atoms with Crippen molar-refractivity contribution in [1.29, 1.82) is 0 Å². The van der Waals surface area contributed by atoms with Crippen LogP contribution in [0.25, 0.3) is 0 Å². The predicted octanol–water partition coefficient (Wildman–Crippen LogP) is 0.943. The number of hydrogen-bond donors (Lipinski definition) is 4. The molecule has 1 unspecified atom stereocenters. The van der Waals surface area contributed by atoms with Crippen LogP contribution < -0.4 is 21.3 Å². The van der Waals surface area contributed by atoms with Crippen molar-refractivity contribution in [3.8, 4) is 0 Å². The van der Waals surface area contributed by atoms with Gasteiger partial charge >= 0.3 is 0 Å². The minimum absolute atomic E-state index is 0.0512. The van der Waals surface area contributed by atoms with Crippen molar-refractivity contribution < 1.29 is 19.2 Å². The fourth-order valence-corrected chi connectivity index (χ4v) is 1.88. The molecule has 0 fully saturated rings. The topological polar surface area (TPSA) is 116 Å². The van der Waals surface area contributed by atoms with Crippen molar-refractivity contribution in [2.45, 2.75) is 47.1 Å². The Hall–Kier alpha value is -2.74. The Balaban J connectivity index is 0.000001000. The number of nitrogens with one attached hydrogen (secondary N) is 4. The smallest absolute Gasteiger partial charge is 0.239 e. The third-order valence-electron chi connectivity index (χ3n) is 4.16. The standard InChI is InChI=1S/C15H28N4O4.C7H8/c1-5-11(4)16-7-13(21)18-9-15(23)19-8-14(22)17-6-12(20)10(2)3;1-7-5-3-2-4-6-7/h10-11,16H,5-9H2,1-4H3,(H,17,22)(H,18,21)(H,19,23);2-6H,1H3. The number of ketones is 1. The van der Waals surface area contributed by atoms with Crippen LogP contribution >= 0.6 is 0 Å². The van der Waals surface area contributed by atoms with Crippen LogP contribution in [-0.2, 0) is 19.2 Å². The highest BCUT2D eigenvalue weighted by atomic mass is 16.2. The second-order valence-corrected chi connectivity index (χ2v) is 7.30. The van der Waals surface area contributed by atoms with Crippen molar-refractivity contribution in [1.82, 2.24) is 21.3 Å². The molecule has 0 aliphatic heterocycles. The van der Waals surface area contributed by atoms with E-state index in [1.165, 1.54) is 5.56 Å². The maximum Gasteiger partial charge on any atom is 0.239 e. The fraction of sp³-hybridized carbons (Fsp3) is 0.545. The molecule has 3 amide bonds. The molecule has 8 nitrogen and oxygen atoms in total. The zero-order chi connectivity index (χ0) is 22.9. The van der Waals surface area contributed by atoms with E-state index in [2.05, 4.69) is 40.3 Å². The van der Waals surface area contributed by atoms with Crippen LogP contribution in [0.5, 0.6) is 0 Å². The van der Waals surface area contributed by atoms with E-state index in [4.69, 9.17) is 0 Å². The average Bonchev–Trinajstić information content (AvgIpc) is 2.73. The van der Waals surface area contributed by atoms with Gasteiger partial charge in [-0.25, -0.2) is 0 Å². The number of Topliss-reactive ketones (excluding diaryl/α,β-unsaturated/α-hetero) is 1. The Kier molecular flexibility index (Phi) is 14.6. The summed E-state index contributed by atoms with van der Waals surface area (Å²) in [7, 11) is 0. The molecule has 0 aromatic heterocycles. The van der Waals surface area contributed by atoms with Gasteiger partial charge in [0.15, 0.2) is 5.78 Å². The van der Waals surface area contributed by atoms with Gasteiger partial charge in [0, 0.05) is 12.0 Å². The van der Waals surface area contributed by atoms with Crippen molar-refractivity contribution in [3.63, 3.8) is 0 Å². The van der Waals surface area contributed by atoms with Gasteiger partial charge in [0.1, 0.15) is 0 Å². The van der Waals surface area contributed by atoms with Crippen LogP contribution in [0, 0.1) is 12.8 Å². The maximum atomic E-state index is 11.5. The van der Waals surface area contributed by atoms with Gasteiger partial charge in [-0.3, -0.25) is 19.2 Å². The molecule has 0 heterocycles. The molecule has 1 aromatic carbocycles. The van der Waals surface area contributed by atoms with E-state index in [1.807, 2.05) is 32.0 Å². The summed E-state index contributed by atoms with van der Waals surface area (Å²) in [5, 5.41) is 10.2. The first-order valence-corrected chi connectivity index (χ1v) is 10.2. The monoisotopic (exact) mass is 420 g/mol. The van der Waals surface area contributed by atoms with E-state index < -0.39 is 11.8 Å². The van der Waals surface area contributed by atoms with Crippen LogP contribution in [0.1, 0.15) is 39.7 Å². The van der Waals surface area contributed by atoms with Gasteiger partial charge in [-0.05, 0) is 20.3 Å². The van der Waals surface area contributed by atoms with E-state index in [0.717, 1.165) is 6.42 Å². The van der Waals surface area contributed by atoms with E-state index in [-0.39, 0.29) is 49.8 Å². The molecule has 1 rings (SSSR count). The fourth-order valence-electron chi connectivity index (χ4n) is 1.88. The molecule has 0 bridgehead atoms. The summed E-state index contributed by atoms with van der Waals surface area (Å²) in [4.78, 5) is 45.8. The van der Waals surface area contributed by atoms with Crippen LogP contribution in [0.15, 0.2) is 30.3 Å². The minimum Gasteiger partial charge on any atom is -0.347 e. The summed E-state index contributed by atoms with van der Waals surface area (Å²) < 4.78 is 0. The summed E-state index contributed by atoms with van der Waals surface area (Å²) in [6.45, 7) is 9.20. The number of rotatable bonds is 11. The Bertz CT molecular complexity index is 662. The first-order valence-electron chi connectivity index (χ1n) is 10.2. The van der Waals surface area contributed by atoms with Gasteiger partial charge < -0.3 is 21.3 Å². The van der Waals surface area contributed by atoms with Gasteiger partial charge in [0.2, 0.25) is 17.7 Å². The van der Waals surface area contributed by atoms with Crippen LogP contribution in [-0.4, -0.2) is 55.7 Å². The zero-order valence-electron chi connectivity index (χ0n) is 18.7. The predicted molar refractivity (Wildman–Crippen MR) is 118 cm³/mol. The van der Waals surface area contributed by atoms with Crippen molar-refractivity contribution >= 4 is 23.5 Å². The largest absolute Gasteiger partial charge is 0.347 e. The SMILES string of the molecule is CCC(C)NCC(=O)NCC(=O)NCC(=O)NCC(=O)C(C)C.Cc1ccccc1. The van der Waals surface area contributed by atoms with Crippen LogP contribution in [0.4, 0.5) is 0 Å². The summed E-state index contributed by atoms with van der Waals surface area (Å²) >= 11 is 0. The van der Waals surface area contributed by atoms with Crippen molar-refractivity contribution in [2.75, 3.05) is 26.2 Å². The third kappa shape index (κ3) is 15.2. The highest BCUT2D eigenvalue weighted by molar-refractivity contribution is 5.90. The number of benzene rings is 1. The van der Waals surface area contributed by atoms with E-state index in [9.17, 15) is 19.2 Å². The number of aryl methyl sites for hydroxylation is 1. The van der Waals surface area contributed by atoms with Gasteiger partial charge in [-0.1, -0.05) is 56.7 Å². The van der Waals surface area contributed by atoms with Crippen LogP contribution in [0.2, 0.25) is 0 Å². The summed E-state index contributed by atoms with van der Waals surface area (Å²) in [6.07, 6.45) is 0.905. The normalized spacial score (nSPS) is 11.0. The van der Waals surface area contributed by atoms with Gasteiger partial charge in [-0.15, -0.1) is 0 Å². The molecule has 0 saturated carbocycles. The number of carbonyl (C=O) groups is 4. The number of carbonyl (C=O) groups excluding carboxylic acids is 4. The molecule has 0 radical (unpaired) electrons. The summed E-state index contributed by atoms with van der Waals surface area (Å²) in [6, 6.07) is 10.5. The second kappa shape index (κ2) is 16.1. The molecule has 8 heteroatoms. The van der Waals surface area contributed by atoms with E-state index in [1.54, 1.807) is 13.8 Å². The molecule has 1 aromatic rings. The molecule has 1 atom stereocenters. The Morgan fingerprint density at radius 3 is 1.63 bits per heavy atom. The van der Waals surface area contributed by atoms with Gasteiger partial charge in [-0.2, -0.15) is 0 Å². The molecule has 0 aliphatic rings. The third-order valence-corrected chi connectivity index (χ3v) is 4.16. The molecule has 30 heavy (non-hydrogen) atoms. The highest BCUT2D eigenvalue weighted by Crippen LogP contribution is 1.92. The molecule has 168 valence electrons. The Morgan fingerprint density at radius 2 is 1.23 bits per heavy atom. The average molecular weight is 421 g/mol. The molecule has 4 N–H and O–H groups in total. The Morgan fingerprint density at radius 1 is 0.767 bits per heavy atom. The summed E-state index contributed by atoms with van der Waals surface area (Å²) in [5.41, 5.74) is 1.32. The first-order chi connectivity index (χ1) is 14.1. The van der Waals surface area contributed by atoms with E-state index >= 15 is 0 Å². The van der Waals surface area contributed by atoms with Crippen molar-refractivity contribution in [3.05, 3.63) is 35.9 Å². The lowest BCUT2D eigenvalue weighted by Gasteiger charge is -2.11. The molecular formula is C22H36N4O4. The lowest BCUT2D eigenvalue weighted by atomic mass is 10.1. The minimum atomic E-state index is -0.466. The zero-order valence-corrected chi connectivity index (χ0v) is 18.7. The number of amides is 3. The molecular weight excluding hydrogens is 384 g/mol. The highest BCUT2D eigenvalue weighted by Gasteiger charge is 2.11. The molecule has 0 spiro atoms.